The Balaban J connectivity index is 1.45. The molecule has 0 spiro atoms. The summed E-state index contributed by atoms with van der Waals surface area (Å²) in [4.78, 5) is 57.2. The van der Waals surface area contributed by atoms with Crippen LogP contribution in [0.1, 0.15) is 60.1 Å². The van der Waals surface area contributed by atoms with Gasteiger partial charge in [0.2, 0.25) is 0 Å². The average Bonchev–Trinajstić information content (AvgIpc) is 2.99. The zero-order valence-corrected chi connectivity index (χ0v) is 24.5. The number of ketones is 4. The zero-order valence-electron chi connectivity index (χ0n) is 24.5. The van der Waals surface area contributed by atoms with E-state index in [2.05, 4.69) is 0 Å². The molecule has 5 rings (SSSR count). The number of methoxy groups -OCH3 is 2. The fourth-order valence-electron chi connectivity index (χ4n) is 6.58. The van der Waals surface area contributed by atoms with Crippen LogP contribution >= 0.6 is 0 Å². The van der Waals surface area contributed by atoms with E-state index in [-0.39, 0.29) is 60.7 Å². The summed E-state index contributed by atoms with van der Waals surface area (Å²) in [5, 5.41) is 0. The third-order valence-corrected chi connectivity index (χ3v) is 8.86. The molecule has 42 heavy (non-hydrogen) atoms. The summed E-state index contributed by atoms with van der Waals surface area (Å²) in [6, 6.07) is 22.3. The highest BCUT2D eigenvalue weighted by Crippen LogP contribution is 2.46. The lowest BCUT2D eigenvalue weighted by molar-refractivity contribution is -0.142. The van der Waals surface area contributed by atoms with Crippen molar-refractivity contribution in [2.75, 3.05) is 33.2 Å². The molecule has 0 unspecified atom stereocenters. The van der Waals surface area contributed by atoms with Crippen molar-refractivity contribution < 1.29 is 28.7 Å². The highest BCUT2D eigenvalue weighted by Gasteiger charge is 2.50. The molecule has 2 aliphatic carbocycles. The highest BCUT2D eigenvalue weighted by molar-refractivity contribution is 6.11. The van der Waals surface area contributed by atoms with Crippen LogP contribution in [0.3, 0.4) is 0 Å². The molecule has 0 aromatic heterocycles. The van der Waals surface area contributed by atoms with Crippen molar-refractivity contribution in [3.05, 3.63) is 89.5 Å². The maximum absolute atomic E-state index is 13.8. The predicted molar refractivity (Wildman–Crippen MR) is 160 cm³/mol. The Labute approximate surface area is 246 Å². The van der Waals surface area contributed by atoms with Crippen molar-refractivity contribution in [1.29, 1.82) is 0 Å². The van der Waals surface area contributed by atoms with Gasteiger partial charge in [-0.3, -0.25) is 19.2 Å². The smallest absolute Gasteiger partial charge is 0.144 e. The predicted octanol–water partition coefficient (Wildman–Crippen LogP) is 5.52. The van der Waals surface area contributed by atoms with Crippen LogP contribution in [0.4, 0.5) is 5.69 Å². The van der Waals surface area contributed by atoms with E-state index >= 15 is 0 Å². The molecule has 0 amide bonds. The lowest BCUT2D eigenvalue weighted by Crippen LogP contribution is -2.45. The standard InChI is InChI=1S/C35H37NO6/c1-36(2)26-11-5-23(6-12-26)33(34-29(37)17-24(18-30(34)38)21-7-13-27(41-3)14-8-21)35-31(39)19-25(20-32(35)40)22-9-15-28(42-4)16-10-22/h5-16,24-25,33-35H,17-20H2,1-4H3. The van der Waals surface area contributed by atoms with Gasteiger partial charge in [-0.2, -0.15) is 0 Å². The summed E-state index contributed by atoms with van der Waals surface area (Å²) in [7, 11) is 7.03. The Kier molecular flexibility index (Phi) is 8.57. The van der Waals surface area contributed by atoms with Crippen molar-refractivity contribution in [1.82, 2.24) is 0 Å². The van der Waals surface area contributed by atoms with Crippen molar-refractivity contribution in [3.63, 3.8) is 0 Å². The molecule has 0 heterocycles. The number of carbonyl (C=O) groups excluding carboxylic acids is 4. The second-order valence-corrected chi connectivity index (χ2v) is 11.6. The molecule has 0 N–H and O–H groups in total. The molecule has 3 aromatic rings. The SMILES string of the molecule is COc1ccc(C2CC(=O)C(C(c3ccc(N(C)C)cc3)C3C(=O)CC(c4ccc(OC)cc4)CC3=O)C(=O)C2)cc1. The first-order valence-electron chi connectivity index (χ1n) is 14.4. The van der Waals surface area contributed by atoms with Crippen LogP contribution in [0.2, 0.25) is 0 Å². The fourth-order valence-corrected chi connectivity index (χ4v) is 6.58. The molecule has 7 heteroatoms. The second-order valence-electron chi connectivity index (χ2n) is 11.6. The van der Waals surface area contributed by atoms with Crippen LogP contribution in [0.25, 0.3) is 0 Å². The lowest BCUT2D eigenvalue weighted by atomic mass is 9.62. The van der Waals surface area contributed by atoms with E-state index in [1.54, 1.807) is 14.2 Å². The minimum absolute atomic E-state index is 0.179. The summed E-state index contributed by atoms with van der Waals surface area (Å²) in [6.07, 6.45) is 0.717. The van der Waals surface area contributed by atoms with E-state index in [4.69, 9.17) is 9.47 Å². The van der Waals surface area contributed by atoms with E-state index in [1.165, 1.54) is 0 Å². The van der Waals surface area contributed by atoms with Gasteiger partial charge in [0.05, 0.1) is 26.1 Å². The van der Waals surface area contributed by atoms with Crippen molar-refractivity contribution in [2.24, 2.45) is 11.8 Å². The highest BCUT2D eigenvalue weighted by atomic mass is 16.5. The summed E-state index contributed by atoms with van der Waals surface area (Å²) in [5.41, 5.74) is 3.41. The van der Waals surface area contributed by atoms with Crippen LogP contribution in [0, 0.1) is 11.8 Å². The number of ether oxygens (including phenoxy) is 2. The number of hydrogen-bond acceptors (Lipinski definition) is 7. The number of benzene rings is 3. The topological polar surface area (TPSA) is 90.0 Å². The van der Waals surface area contributed by atoms with Gasteiger partial charge in [0, 0.05) is 51.4 Å². The van der Waals surface area contributed by atoms with Crippen molar-refractivity contribution in [2.45, 2.75) is 43.4 Å². The molecule has 0 bridgehead atoms. The molecule has 0 aliphatic heterocycles. The molecular weight excluding hydrogens is 530 g/mol. The molecular formula is C35H37NO6. The van der Waals surface area contributed by atoms with E-state index in [0.29, 0.717) is 17.1 Å². The summed E-state index contributed by atoms with van der Waals surface area (Å²) < 4.78 is 10.5. The largest absolute Gasteiger partial charge is 0.497 e. The fraction of sp³-hybridized carbons (Fsp3) is 0.371. The first-order valence-corrected chi connectivity index (χ1v) is 14.4. The van der Waals surface area contributed by atoms with Crippen LogP contribution < -0.4 is 14.4 Å². The molecule has 2 fully saturated rings. The van der Waals surface area contributed by atoms with Gasteiger partial charge in [-0.15, -0.1) is 0 Å². The first-order chi connectivity index (χ1) is 20.2. The van der Waals surface area contributed by atoms with Crippen LogP contribution in [-0.2, 0) is 19.2 Å². The normalized spacial score (nSPS) is 23.4. The summed E-state index contributed by atoms with van der Waals surface area (Å²) in [6.45, 7) is 0. The van der Waals surface area contributed by atoms with Gasteiger partial charge in [-0.25, -0.2) is 0 Å². The quantitative estimate of drug-likeness (QED) is 0.331. The van der Waals surface area contributed by atoms with Crippen LogP contribution in [0.5, 0.6) is 11.5 Å². The Morgan fingerprint density at radius 3 is 1.24 bits per heavy atom. The molecule has 7 nitrogen and oxygen atoms in total. The molecule has 0 radical (unpaired) electrons. The van der Waals surface area contributed by atoms with Crippen LogP contribution in [0.15, 0.2) is 72.8 Å². The Morgan fingerprint density at radius 1 is 0.571 bits per heavy atom. The Hall–Kier alpha value is -4.26. The molecule has 0 saturated heterocycles. The monoisotopic (exact) mass is 567 g/mol. The minimum atomic E-state index is -1.04. The molecule has 218 valence electrons. The van der Waals surface area contributed by atoms with E-state index < -0.39 is 17.8 Å². The van der Waals surface area contributed by atoms with Gasteiger partial charge in [0.15, 0.2) is 0 Å². The van der Waals surface area contributed by atoms with Crippen LogP contribution in [-0.4, -0.2) is 51.4 Å². The molecule has 0 atom stereocenters. The third-order valence-electron chi connectivity index (χ3n) is 8.86. The number of Topliss-reactive ketones (excluding diaryl/α,β-unsaturated/α-hetero) is 4. The minimum Gasteiger partial charge on any atom is -0.497 e. The number of rotatable bonds is 8. The van der Waals surface area contributed by atoms with E-state index in [9.17, 15) is 19.2 Å². The third kappa shape index (κ3) is 5.87. The van der Waals surface area contributed by atoms with Gasteiger partial charge in [-0.1, -0.05) is 36.4 Å². The van der Waals surface area contributed by atoms with E-state index in [1.807, 2.05) is 91.8 Å². The number of anilines is 1. The zero-order chi connectivity index (χ0) is 30.0. The lowest BCUT2D eigenvalue weighted by Gasteiger charge is -2.38. The van der Waals surface area contributed by atoms with Gasteiger partial charge < -0.3 is 14.4 Å². The molecule has 2 aliphatic rings. The van der Waals surface area contributed by atoms with E-state index in [0.717, 1.165) is 16.8 Å². The number of hydrogen-bond donors (Lipinski definition) is 0. The Bertz CT molecular complexity index is 1340. The number of carbonyl (C=O) groups is 4. The van der Waals surface area contributed by atoms with Gasteiger partial charge >= 0.3 is 0 Å². The maximum atomic E-state index is 13.8. The van der Waals surface area contributed by atoms with Gasteiger partial charge in [0.1, 0.15) is 34.6 Å². The van der Waals surface area contributed by atoms with Gasteiger partial charge in [0.25, 0.3) is 0 Å². The van der Waals surface area contributed by atoms with Crippen molar-refractivity contribution >= 4 is 28.8 Å². The summed E-state index contributed by atoms with van der Waals surface area (Å²) >= 11 is 0. The van der Waals surface area contributed by atoms with Gasteiger partial charge in [-0.05, 0) is 64.9 Å². The molecule has 2 saturated carbocycles. The molecule has 3 aromatic carbocycles. The Morgan fingerprint density at radius 2 is 0.929 bits per heavy atom. The maximum Gasteiger partial charge on any atom is 0.144 e. The van der Waals surface area contributed by atoms with Crippen molar-refractivity contribution in [3.8, 4) is 11.5 Å². The second kappa shape index (κ2) is 12.3. The summed E-state index contributed by atoms with van der Waals surface area (Å²) in [5.74, 6) is -2.86. The average molecular weight is 568 g/mol. The number of nitrogens with zero attached hydrogens (tertiary/aromatic N) is 1. The first kappa shape index (κ1) is 29.2.